The second kappa shape index (κ2) is 5.03. The maximum absolute atomic E-state index is 11.8. The van der Waals surface area contributed by atoms with E-state index in [1.54, 1.807) is 30.3 Å². The van der Waals surface area contributed by atoms with Gasteiger partial charge in [-0.2, -0.15) is 0 Å². The fourth-order valence-corrected chi connectivity index (χ4v) is 2.37. The third kappa shape index (κ3) is 2.86. The van der Waals surface area contributed by atoms with Crippen LogP contribution >= 0.6 is 7.77 Å². The van der Waals surface area contributed by atoms with Gasteiger partial charge >= 0.3 is 5.97 Å². The first-order valence-electron chi connectivity index (χ1n) is 4.34. The molecular formula is C10H11O4P. The number of hydrogen-bond acceptors (Lipinski definition) is 3. The highest BCUT2D eigenvalue weighted by atomic mass is 31.1. The van der Waals surface area contributed by atoms with Crippen LogP contribution in [0, 0.1) is 0 Å². The SMILES string of the molecule is CC(O)C(C(=O)O)=[P+]([O-])c1ccccc1. The lowest BCUT2D eigenvalue weighted by Crippen LogP contribution is -2.29. The lowest BCUT2D eigenvalue weighted by molar-refractivity contribution is -0.150. The third-order valence-electron chi connectivity index (χ3n) is 1.82. The summed E-state index contributed by atoms with van der Waals surface area (Å²) in [5, 5.41) is 18.1. The van der Waals surface area contributed by atoms with Crippen LogP contribution in [0.5, 0.6) is 0 Å². The minimum Gasteiger partial charge on any atom is -0.625 e. The molecule has 0 saturated carbocycles. The number of rotatable bonds is 3. The summed E-state index contributed by atoms with van der Waals surface area (Å²) in [5.74, 6) is -1.32. The Hall–Kier alpha value is -1.22. The molecule has 0 aliphatic heterocycles. The van der Waals surface area contributed by atoms with E-state index in [4.69, 9.17) is 5.11 Å². The number of carboxylic acid groups (broad SMARTS) is 1. The van der Waals surface area contributed by atoms with Gasteiger partial charge in [-0.05, 0) is 19.1 Å². The molecule has 0 aromatic heterocycles. The van der Waals surface area contributed by atoms with E-state index in [2.05, 4.69) is 0 Å². The van der Waals surface area contributed by atoms with Gasteiger partial charge in [-0.3, -0.25) is 0 Å². The van der Waals surface area contributed by atoms with Crippen molar-refractivity contribution in [2.24, 2.45) is 0 Å². The van der Waals surface area contributed by atoms with Crippen LogP contribution in [0.25, 0.3) is 0 Å². The van der Waals surface area contributed by atoms with Gasteiger partial charge in [0.1, 0.15) is 19.2 Å². The fourth-order valence-electron chi connectivity index (χ4n) is 1.14. The fraction of sp³-hybridized carbons (Fsp3) is 0.200. The summed E-state index contributed by atoms with van der Waals surface area (Å²) in [6, 6.07) is 8.23. The van der Waals surface area contributed by atoms with Crippen molar-refractivity contribution in [2.75, 3.05) is 0 Å². The molecule has 0 heterocycles. The molecule has 0 aliphatic carbocycles. The van der Waals surface area contributed by atoms with Crippen molar-refractivity contribution in [1.29, 1.82) is 0 Å². The van der Waals surface area contributed by atoms with Crippen molar-refractivity contribution < 1.29 is 19.9 Å². The minimum atomic E-state index is -2.20. The standard InChI is InChI=1S/C10H11O4P/c1-7(11)9(10(12)13)15(14)8-5-3-2-4-6-8/h2-7,11H,1H3,(H,12,13). The Kier molecular flexibility index (Phi) is 3.97. The zero-order valence-electron chi connectivity index (χ0n) is 8.12. The summed E-state index contributed by atoms with van der Waals surface area (Å²) in [7, 11) is -2.20. The Morgan fingerprint density at radius 1 is 1.40 bits per heavy atom. The molecule has 5 heteroatoms. The molecule has 0 spiro atoms. The zero-order chi connectivity index (χ0) is 11.4. The number of benzene rings is 1. The molecule has 2 N–H and O–H groups in total. The van der Waals surface area contributed by atoms with Gasteiger partial charge in [-0.1, -0.05) is 18.2 Å². The Bertz CT molecular complexity index is 384. The van der Waals surface area contributed by atoms with Gasteiger partial charge in [-0.25, -0.2) is 4.79 Å². The number of carbonyl (C=O) groups is 1. The summed E-state index contributed by atoms with van der Waals surface area (Å²) in [5.41, 5.74) is 0. The van der Waals surface area contributed by atoms with Gasteiger partial charge < -0.3 is 15.1 Å². The van der Waals surface area contributed by atoms with Crippen LogP contribution in [0.4, 0.5) is 0 Å². The maximum atomic E-state index is 11.8. The molecule has 1 rings (SSSR count). The van der Waals surface area contributed by atoms with Crippen LogP contribution in [-0.2, 0) is 4.79 Å². The van der Waals surface area contributed by atoms with Gasteiger partial charge in [0, 0.05) is 0 Å². The van der Waals surface area contributed by atoms with E-state index in [0.717, 1.165) is 0 Å². The molecule has 80 valence electrons. The van der Waals surface area contributed by atoms with Crippen LogP contribution < -0.4 is 10.2 Å². The van der Waals surface area contributed by atoms with Gasteiger partial charge in [-0.15, -0.1) is 0 Å². The molecule has 2 atom stereocenters. The number of aliphatic hydroxyl groups excluding tert-OH is 1. The summed E-state index contributed by atoms with van der Waals surface area (Å²) >= 11 is 0. The molecule has 4 nitrogen and oxygen atoms in total. The second-order valence-corrected chi connectivity index (χ2v) is 4.58. The van der Waals surface area contributed by atoms with Crippen LogP contribution in [0.15, 0.2) is 30.3 Å². The normalized spacial score (nSPS) is 14.3. The largest absolute Gasteiger partial charge is 0.625 e. The Morgan fingerprint density at radius 2 is 1.93 bits per heavy atom. The quantitative estimate of drug-likeness (QED) is 0.694. The van der Waals surface area contributed by atoms with Crippen molar-refractivity contribution in [3.05, 3.63) is 30.3 Å². The summed E-state index contributed by atoms with van der Waals surface area (Å²) in [6.45, 7) is 1.29. The van der Waals surface area contributed by atoms with Crippen LogP contribution in [-0.4, -0.2) is 27.6 Å². The van der Waals surface area contributed by atoms with E-state index in [-0.39, 0.29) is 5.29 Å². The van der Waals surface area contributed by atoms with E-state index >= 15 is 0 Å². The highest BCUT2D eigenvalue weighted by Crippen LogP contribution is 2.15. The molecule has 0 saturated heterocycles. The molecule has 0 aliphatic rings. The minimum absolute atomic E-state index is 0.365. The van der Waals surface area contributed by atoms with Crippen molar-refractivity contribution >= 4 is 24.3 Å². The van der Waals surface area contributed by atoms with Crippen molar-refractivity contribution in [1.82, 2.24) is 0 Å². The maximum Gasteiger partial charge on any atom is 0.377 e. The molecule has 0 bridgehead atoms. The highest BCUT2D eigenvalue weighted by Gasteiger charge is 2.25. The molecule has 15 heavy (non-hydrogen) atoms. The molecule has 2 unspecified atom stereocenters. The molecule has 1 aromatic carbocycles. The second-order valence-electron chi connectivity index (χ2n) is 3.00. The number of aliphatic carboxylic acids is 1. The first kappa shape index (κ1) is 11.9. The summed E-state index contributed by atoms with van der Waals surface area (Å²) in [4.78, 5) is 22.6. The average Bonchev–Trinajstić information content (AvgIpc) is 2.18. The van der Waals surface area contributed by atoms with Gasteiger partial charge in [0.2, 0.25) is 5.29 Å². The average molecular weight is 226 g/mol. The van der Waals surface area contributed by atoms with Crippen molar-refractivity contribution in [2.45, 2.75) is 13.0 Å². The Balaban J connectivity index is 3.23. The predicted octanol–water partition coefficient (Wildman–Crippen LogP) is -0.293. The van der Waals surface area contributed by atoms with Crippen LogP contribution in [0.3, 0.4) is 0 Å². The molecule has 0 radical (unpaired) electrons. The van der Waals surface area contributed by atoms with E-state index in [9.17, 15) is 14.8 Å². The van der Waals surface area contributed by atoms with Gasteiger partial charge in [0.05, 0.1) is 0 Å². The molecule has 0 amide bonds. The van der Waals surface area contributed by atoms with E-state index in [1.165, 1.54) is 6.92 Å². The molecule has 0 fully saturated rings. The van der Waals surface area contributed by atoms with E-state index in [1.807, 2.05) is 0 Å². The van der Waals surface area contributed by atoms with Crippen molar-refractivity contribution in [3.63, 3.8) is 0 Å². The number of carboxylic acids is 1. The Labute approximate surface area is 88.3 Å². The first-order chi connectivity index (χ1) is 7.04. The smallest absolute Gasteiger partial charge is 0.377 e. The lowest BCUT2D eigenvalue weighted by atomic mass is 10.3. The van der Waals surface area contributed by atoms with Gasteiger partial charge in [0.15, 0.2) is 0 Å². The number of hydrogen-bond donors (Lipinski definition) is 2. The molecular weight excluding hydrogens is 215 g/mol. The van der Waals surface area contributed by atoms with E-state index < -0.39 is 19.8 Å². The van der Waals surface area contributed by atoms with Crippen LogP contribution in [0.1, 0.15) is 6.92 Å². The zero-order valence-corrected chi connectivity index (χ0v) is 9.02. The Morgan fingerprint density at radius 3 is 2.33 bits per heavy atom. The summed E-state index contributed by atoms with van der Waals surface area (Å²) < 4.78 is 0. The predicted molar refractivity (Wildman–Crippen MR) is 57.3 cm³/mol. The number of aliphatic hydroxyl groups is 1. The summed E-state index contributed by atoms with van der Waals surface area (Å²) in [6.07, 6.45) is -1.22. The topological polar surface area (TPSA) is 80.6 Å². The monoisotopic (exact) mass is 226 g/mol. The highest BCUT2D eigenvalue weighted by molar-refractivity contribution is 7.61. The first-order valence-corrected chi connectivity index (χ1v) is 5.60. The van der Waals surface area contributed by atoms with E-state index in [0.29, 0.717) is 5.30 Å². The lowest BCUT2D eigenvalue weighted by Gasteiger charge is -2.05. The molecule has 1 aromatic rings. The van der Waals surface area contributed by atoms with Crippen LogP contribution in [0.2, 0.25) is 0 Å². The third-order valence-corrected chi connectivity index (χ3v) is 3.59. The van der Waals surface area contributed by atoms with Crippen molar-refractivity contribution in [3.8, 4) is 0 Å². The van der Waals surface area contributed by atoms with Gasteiger partial charge in [0.25, 0.3) is 0 Å².